The molecule has 0 spiro atoms. The molecule has 13 heavy (non-hydrogen) atoms. The minimum absolute atomic E-state index is 0.0334. The van der Waals surface area contributed by atoms with Crippen LogP contribution in [-0.2, 0) is 6.61 Å². The zero-order valence-electron chi connectivity index (χ0n) is 7.17. The van der Waals surface area contributed by atoms with E-state index in [-0.39, 0.29) is 12.4 Å². The lowest BCUT2D eigenvalue weighted by Gasteiger charge is -2.00. The topological polar surface area (TPSA) is 20.2 Å². The van der Waals surface area contributed by atoms with E-state index in [9.17, 15) is 4.39 Å². The Morgan fingerprint density at radius 3 is 2.92 bits per heavy atom. The fraction of sp³-hybridized carbons (Fsp3) is 0.200. The van der Waals surface area contributed by atoms with Gasteiger partial charge in [0.1, 0.15) is 5.82 Å². The molecule has 2 rings (SSSR count). The molecular formula is C10H9FOS. The molecule has 1 aromatic carbocycles. The van der Waals surface area contributed by atoms with Gasteiger partial charge in [0.05, 0.1) is 11.3 Å². The molecule has 0 bridgehead atoms. The van der Waals surface area contributed by atoms with Gasteiger partial charge in [-0.15, -0.1) is 11.3 Å². The van der Waals surface area contributed by atoms with Gasteiger partial charge in [-0.2, -0.15) is 0 Å². The number of rotatable bonds is 1. The van der Waals surface area contributed by atoms with Gasteiger partial charge < -0.3 is 5.11 Å². The number of aryl methyl sites for hydroxylation is 1. The van der Waals surface area contributed by atoms with Gasteiger partial charge in [0.2, 0.25) is 0 Å². The van der Waals surface area contributed by atoms with Crippen LogP contribution in [0.5, 0.6) is 0 Å². The molecule has 3 heteroatoms. The maximum absolute atomic E-state index is 13.2. The third-order valence-electron chi connectivity index (χ3n) is 2.11. The van der Waals surface area contributed by atoms with Crippen LogP contribution in [0.1, 0.15) is 11.1 Å². The summed E-state index contributed by atoms with van der Waals surface area (Å²) in [7, 11) is 0. The Labute approximate surface area is 79.4 Å². The number of fused-ring (bicyclic) bond motifs is 1. The highest BCUT2D eigenvalue weighted by atomic mass is 32.1. The van der Waals surface area contributed by atoms with Gasteiger partial charge in [-0.25, -0.2) is 4.39 Å². The summed E-state index contributed by atoms with van der Waals surface area (Å²) in [6.45, 7) is 1.89. The molecule has 0 amide bonds. The Kier molecular flexibility index (Phi) is 2.06. The molecule has 0 saturated heterocycles. The van der Waals surface area contributed by atoms with Gasteiger partial charge in [0.25, 0.3) is 0 Å². The van der Waals surface area contributed by atoms with Crippen LogP contribution in [0.25, 0.3) is 10.1 Å². The lowest BCUT2D eigenvalue weighted by atomic mass is 10.1. The van der Waals surface area contributed by atoms with Crippen molar-refractivity contribution in [3.8, 4) is 0 Å². The largest absolute Gasteiger partial charge is 0.392 e. The lowest BCUT2D eigenvalue weighted by molar-refractivity contribution is 0.283. The highest BCUT2D eigenvalue weighted by Gasteiger charge is 2.09. The van der Waals surface area contributed by atoms with Gasteiger partial charge in [-0.3, -0.25) is 0 Å². The minimum Gasteiger partial charge on any atom is -0.392 e. The van der Waals surface area contributed by atoms with E-state index in [0.717, 1.165) is 16.5 Å². The van der Waals surface area contributed by atoms with Crippen molar-refractivity contribution in [2.24, 2.45) is 0 Å². The predicted octanol–water partition coefficient (Wildman–Crippen LogP) is 2.84. The molecule has 0 aliphatic rings. The van der Waals surface area contributed by atoms with Crippen LogP contribution in [0.2, 0.25) is 0 Å². The molecule has 0 unspecified atom stereocenters. The van der Waals surface area contributed by atoms with Crippen LogP contribution < -0.4 is 0 Å². The third-order valence-corrected chi connectivity index (χ3v) is 3.22. The lowest BCUT2D eigenvalue weighted by Crippen LogP contribution is -1.86. The van der Waals surface area contributed by atoms with E-state index in [4.69, 9.17) is 5.11 Å². The van der Waals surface area contributed by atoms with Gasteiger partial charge in [0.15, 0.2) is 0 Å². The second-order valence-corrected chi connectivity index (χ2v) is 3.87. The van der Waals surface area contributed by atoms with E-state index in [1.807, 2.05) is 12.3 Å². The van der Waals surface area contributed by atoms with E-state index in [2.05, 4.69) is 0 Å². The third kappa shape index (κ3) is 1.24. The monoisotopic (exact) mass is 196 g/mol. The molecule has 1 N–H and O–H groups in total. The Morgan fingerprint density at radius 1 is 1.46 bits per heavy atom. The Bertz CT molecular complexity index is 447. The molecule has 0 aliphatic carbocycles. The van der Waals surface area contributed by atoms with Crippen LogP contribution in [0.4, 0.5) is 4.39 Å². The van der Waals surface area contributed by atoms with Crippen molar-refractivity contribution in [3.05, 3.63) is 34.5 Å². The van der Waals surface area contributed by atoms with E-state index in [1.54, 1.807) is 6.07 Å². The number of hydrogen-bond acceptors (Lipinski definition) is 2. The quantitative estimate of drug-likeness (QED) is 0.743. The van der Waals surface area contributed by atoms with Crippen molar-refractivity contribution in [1.82, 2.24) is 0 Å². The van der Waals surface area contributed by atoms with Gasteiger partial charge in [-0.1, -0.05) is 6.07 Å². The van der Waals surface area contributed by atoms with Crippen LogP contribution in [-0.4, -0.2) is 5.11 Å². The fourth-order valence-corrected chi connectivity index (χ4v) is 2.49. The molecule has 1 nitrogen and oxygen atoms in total. The average Bonchev–Trinajstić information content (AvgIpc) is 2.51. The average molecular weight is 196 g/mol. The smallest absolute Gasteiger partial charge is 0.141 e. The summed E-state index contributed by atoms with van der Waals surface area (Å²) in [5.41, 5.74) is 1.83. The Hall–Kier alpha value is -0.930. The molecular weight excluding hydrogens is 187 g/mol. The van der Waals surface area contributed by atoms with E-state index >= 15 is 0 Å². The number of benzene rings is 1. The summed E-state index contributed by atoms with van der Waals surface area (Å²) in [6.07, 6.45) is 0. The van der Waals surface area contributed by atoms with Crippen molar-refractivity contribution in [2.45, 2.75) is 13.5 Å². The summed E-state index contributed by atoms with van der Waals surface area (Å²) in [4.78, 5) is 0. The number of hydrogen-bond donors (Lipinski definition) is 1. The maximum Gasteiger partial charge on any atom is 0.141 e. The molecule has 68 valence electrons. The molecule has 0 aliphatic heterocycles. The van der Waals surface area contributed by atoms with Crippen molar-refractivity contribution in [2.75, 3.05) is 0 Å². The van der Waals surface area contributed by atoms with Gasteiger partial charge in [-0.05, 0) is 29.5 Å². The van der Waals surface area contributed by atoms with Crippen LogP contribution in [0.3, 0.4) is 0 Å². The molecule has 1 heterocycles. The van der Waals surface area contributed by atoms with Crippen molar-refractivity contribution < 1.29 is 9.50 Å². The first-order valence-electron chi connectivity index (χ1n) is 4.00. The first-order valence-corrected chi connectivity index (χ1v) is 4.88. The molecule has 1 aromatic heterocycles. The zero-order valence-corrected chi connectivity index (χ0v) is 7.99. The number of aliphatic hydroxyl groups is 1. The van der Waals surface area contributed by atoms with Crippen molar-refractivity contribution in [1.29, 1.82) is 0 Å². The summed E-state index contributed by atoms with van der Waals surface area (Å²) >= 11 is 1.38. The van der Waals surface area contributed by atoms with Gasteiger partial charge >= 0.3 is 0 Å². The Balaban J connectivity index is 2.88. The molecule has 0 fully saturated rings. The zero-order chi connectivity index (χ0) is 9.42. The summed E-state index contributed by atoms with van der Waals surface area (Å²) in [6, 6.07) is 3.04. The molecule has 0 atom stereocenters. The first-order chi connectivity index (χ1) is 6.24. The van der Waals surface area contributed by atoms with Crippen LogP contribution in [0.15, 0.2) is 17.5 Å². The maximum atomic E-state index is 13.2. The standard InChI is InChI=1S/C10H9FOS/c1-6-5-13-10-8(11)3-2-7(4-12)9(6)10/h2-3,5,12H,4H2,1H3. The summed E-state index contributed by atoms with van der Waals surface area (Å²) in [5, 5.41) is 11.8. The SMILES string of the molecule is Cc1csc2c(F)ccc(CO)c12. The number of aliphatic hydroxyl groups excluding tert-OH is 1. The number of halogens is 1. The van der Waals surface area contributed by atoms with E-state index in [1.165, 1.54) is 17.4 Å². The van der Waals surface area contributed by atoms with Crippen molar-refractivity contribution in [3.63, 3.8) is 0 Å². The number of thiophene rings is 1. The van der Waals surface area contributed by atoms with Crippen LogP contribution in [0, 0.1) is 12.7 Å². The predicted molar refractivity (Wildman–Crippen MR) is 52.4 cm³/mol. The first kappa shape index (κ1) is 8.66. The summed E-state index contributed by atoms with van der Waals surface area (Å²) < 4.78 is 13.9. The van der Waals surface area contributed by atoms with Crippen molar-refractivity contribution >= 4 is 21.4 Å². The van der Waals surface area contributed by atoms with Crippen LogP contribution >= 0.6 is 11.3 Å². The molecule has 0 radical (unpaired) electrons. The van der Waals surface area contributed by atoms with E-state index in [0.29, 0.717) is 4.70 Å². The second-order valence-electron chi connectivity index (χ2n) is 2.99. The highest BCUT2D eigenvalue weighted by Crippen LogP contribution is 2.30. The Morgan fingerprint density at radius 2 is 2.23 bits per heavy atom. The fourth-order valence-electron chi connectivity index (χ4n) is 1.48. The van der Waals surface area contributed by atoms with E-state index < -0.39 is 0 Å². The van der Waals surface area contributed by atoms with Gasteiger partial charge in [0, 0.05) is 5.39 Å². The minimum atomic E-state index is -0.203. The highest BCUT2D eigenvalue weighted by molar-refractivity contribution is 7.17. The normalized spacial score (nSPS) is 11.0. The molecule has 2 aromatic rings. The second kappa shape index (κ2) is 3.09. The molecule has 0 saturated carbocycles. The summed E-state index contributed by atoms with van der Waals surface area (Å²) in [5.74, 6) is -0.203.